The summed E-state index contributed by atoms with van der Waals surface area (Å²) < 4.78 is 0. The van der Waals surface area contributed by atoms with Crippen LogP contribution >= 0.6 is 11.8 Å². The zero-order chi connectivity index (χ0) is 29.7. The summed E-state index contributed by atoms with van der Waals surface area (Å²) >= 11 is 1.41. The number of primary amides is 1. The molecule has 1 aromatic heterocycles. The number of aromatic nitrogens is 1. The van der Waals surface area contributed by atoms with Gasteiger partial charge in [-0.3, -0.25) is 19.2 Å². The Morgan fingerprint density at radius 2 is 1.60 bits per heavy atom. The molecule has 4 amide bonds. The van der Waals surface area contributed by atoms with Gasteiger partial charge in [-0.25, -0.2) is 4.79 Å². The Kier molecular flexibility index (Phi) is 13.4. The fourth-order valence-electron chi connectivity index (χ4n) is 4.12. The minimum absolute atomic E-state index is 0.144. The van der Waals surface area contributed by atoms with E-state index in [0.717, 1.165) is 16.5 Å². The lowest BCUT2D eigenvalue weighted by molar-refractivity contribution is -0.142. The average molecular weight is 578 g/mol. The molecule has 0 aliphatic rings. The predicted octanol–water partition coefficient (Wildman–Crippen LogP) is -0.666. The summed E-state index contributed by atoms with van der Waals surface area (Å²) in [6.45, 7) is 0.377. The first-order chi connectivity index (χ1) is 19.1. The average Bonchev–Trinajstić information content (AvgIpc) is 3.32. The fourth-order valence-corrected chi connectivity index (χ4v) is 4.59. The van der Waals surface area contributed by atoms with Gasteiger partial charge >= 0.3 is 5.97 Å². The lowest BCUT2D eigenvalue weighted by Gasteiger charge is -2.25. The van der Waals surface area contributed by atoms with Crippen LogP contribution in [-0.4, -0.2) is 82.4 Å². The number of nitrogens with one attached hydrogen (secondary N) is 4. The molecule has 0 aliphatic carbocycles. The number of benzene rings is 1. The number of fused-ring (bicyclic) bond motifs is 1. The van der Waals surface area contributed by atoms with Gasteiger partial charge in [-0.2, -0.15) is 11.8 Å². The van der Waals surface area contributed by atoms with Crippen LogP contribution in [0.15, 0.2) is 30.5 Å². The first-order valence-corrected chi connectivity index (χ1v) is 14.4. The Morgan fingerprint density at radius 1 is 0.950 bits per heavy atom. The lowest BCUT2D eigenvalue weighted by Crippen LogP contribution is -2.58. The number of hydrogen-bond acceptors (Lipinski definition) is 8. The Hall–Kier alpha value is -3.62. The second-order valence-corrected chi connectivity index (χ2v) is 10.4. The van der Waals surface area contributed by atoms with Crippen LogP contribution in [0.4, 0.5) is 0 Å². The number of carbonyl (C=O) groups excluding carboxylic acids is 4. The molecule has 14 heteroatoms. The van der Waals surface area contributed by atoms with E-state index in [4.69, 9.17) is 17.2 Å². The van der Waals surface area contributed by atoms with E-state index in [9.17, 15) is 29.1 Å². The molecule has 0 aliphatic heterocycles. The molecule has 220 valence electrons. The van der Waals surface area contributed by atoms with Gasteiger partial charge in [0.05, 0.1) is 12.5 Å². The SMILES string of the molecule is CSCCC(NC(=O)C(CC(N)=O)NC(=O)C(CCCCN)NC(=O)C(N)Cc1c[nH]c2ccccc12)C(=O)O. The van der Waals surface area contributed by atoms with Crippen molar-refractivity contribution in [2.75, 3.05) is 18.6 Å². The fraction of sp³-hybridized carbons (Fsp3) is 0.500. The first kappa shape index (κ1) is 32.6. The van der Waals surface area contributed by atoms with E-state index in [-0.39, 0.29) is 19.3 Å². The quantitative estimate of drug-likeness (QED) is 0.105. The number of amides is 4. The van der Waals surface area contributed by atoms with Gasteiger partial charge in [0.15, 0.2) is 0 Å². The van der Waals surface area contributed by atoms with Crippen molar-refractivity contribution in [2.24, 2.45) is 17.2 Å². The number of H-pyrrole nitrogens is 1. The van der Waals surface area contributed by atoms with Crippen LogP contribution in [0.2, 0.25) is 0 Å². The number of carboxylic acid groups (broad SMARTS) is 1. The van der Waals surface area contributed by atoms with E-state index in [0.29, 0.717) is 25.1 Å². The molecule has 0 bridgehead atoms. The highest BCUT2D eigenvalue weighted by Gasteiger charge is 2.31. The Labute approximate surface area is 236 Å². The predicted molar refractivity (Wildman–Crippen MR) is 153 cm³/mol. The van der Waals surface area contributed by atoms with E-state index in [1.54, 1.807) is 12.5 Å². The normalized spacial score (nSPS) is 14.1. The molecule has 4 unspecified atom stereocenters. The molecule has 4 atom stereocenters. The maximum atomic E-state index is 13.2. The van der Waals surface area contributed by atoms with E-state index >= 15 is 0 Å². The van der Waals surface area contributed by atoms with Gasteiger partial charge in [-0.05, 0) is 62.3 Å². The number of aliphatic carboxylic acids is 1. The van der Waals surface area contributed by atoms with Gasteiger partial charge in [0, 0.05) is 17.1 Å². The highest BCUT2D eigenvalue weighted by atomic mass is 32.2. The highest BCUT2D eigenvalue weighted by Crippen LogP contribution is 2.19. The molecule has 1 heterocycles. The number of unbranched alkanes of at least 4 members (excludes halogenated alkanes) is 1. The second-order valence-electron chi connectivity index (χ2n) is 9.43. The minimum atomic E-state index is -1.44. The van der Waals surface area contributed by atoms with Gasteiger partial charge in [0.1, 0.15) is 18.1 Å². The smallest absolute Gasteiger partial charge is 0.326 e. The van der Waals surface area contributed by atoms with Crippen molar-refractivity contribution >= 4 is 52.3 Å². The van der Waals surface area contributed by atoms with Crippen molar-refractivity contribution in [3.05, 3.63) is 36.0 Å². The molecular weight excluding hydrogens is 538 g/mol. The van der Waals surface area contributed by atoms with Gasteiger partial charge in [-0.15, -0.1) is 0 Å². The number of carboxylic acids is 1. The van der Waals surface area contributed by atoms with E-state index in [1.165, 1.54) is 11.8 Å². The van der Waals surface area contributed by atoms with Gasteiger partial charge in [0.25, 0.3) is 0 Å². The van der Waals surface area contributed by atoms with Crippen molar-refractivity contribution in [2.45, 2.75) is 62.7 Å². The van der Waals surface area contributed by atoms with Crippen LogP contribution in [0.1, 0.15) is 37.7 Å². The van der Waals surface area contributed by atoms with Crippen molar-refractivity contribution in [3.8, 4) is 0 Å². The molecule has 0 saturated heterocycles. The highest BCUT2D eigenvalue weighted by molar-refractivity contribution is 7.98. The monoisotopic (exact) mass is 577 g/mol. The number of nitrogens with two attached hydrogens (primary N) is 3. The van der Waals surface area contributed by atoms with Crippen molar-refractivity contribution < 1.29 is 29.1 Å². The molecule has 1 aromatic carbocycles. The Balaban J connectivity index is 2.13. The maximum Gasteiger partial charge on any atom is 0.326 e. The third kappa shape index (κ3) is 10.2. The zero-order valence-corrected chi connectivity index (χ0v) is 23.3. The molecule has 0 fully saturated rings. The number of para-hydroxylation sites is 1. The first-order valence-electron chi connectivity index (χ1n) is 13.0. The number of hydrogen-bond donors (Lipinski definition) is 8. The maximum absolute atomic E-state index is 13.2. The summed E-state index contributed by atoms with van der Waals surface area (Å²) in [7, 11) is 0. The summed E-state index contributed by atoms with van der Waals surface area (Å²) in [4.78, 5) is 65.4. The van der Waals surface area contributed by atoms with Gasteiger partial charge in [-0.1, -0.05) is 18.2 Å². The van der Waals surface area contributed by atoms with Crippen LogP contribution in [0, 0.1) is 0 Å². The van der Waals surface area contributed by atoms with Crippen LogP contribution in [0.25, 0.3) is 10.9 Å². The number of aromatic amines is 1. The van der Waals surface area contributed by atoms with Crippen LogP contribution in [0.3, 0.4) is 0 Å². The summed E-state index contributed by atoms with van der Waals surface area (Å²) in [6, 6.07) is 2.88. The summed E-state index contributed by atoms with van der Waals surface area (Å²) in [5.74, 6) is -3.83. The van der Waals surface area contributed by atoms with Crippen LogP contribution in [0.5, 0.6) is 0 Å². The Bertz CT molecular complexity index is 1170. The van der Waals surface area contributed by atoms with Gasteiger partial charge in [0.2, 0.25) is 23.6 Å². The molecule has 0 saturated carbocycles. The summed E-state index contributed by atoms with van der Waals surface area (Å²) in [6.07, 6.45) is 4.65. The molecular formula is C26H39N7O6S. The third-order valence-electron chi connectivity index (χ3n) is 6.29. The lowest BCUT2D eigenvalue weighted by atomic mass is 10.0. The van der Waals surface area contributed by atoms with Crippen LogP contribution in [-0.2, 0) is 30.4 Å². The molecule has 0 spiro atoms. The Morgan fingerprint density at radius 3 is 2.25 bits per heavy atom. The van der Waals surface area contributed by atoms with Crippen molar-refractivity contribution in [3.63, 3.8) is 0 Å². The second kappa shape index (κ2) is 16.5. The largest absolute Gasteiger partial charge is 0.480 e. The van der Waals surface area contributed by atoms with Gasteiger partial charge < -0.3 is 43.2 Å². The number of carbonyl (C=O) groups is 5. The van der Waals surface area contributed by atoms with Crippen LogP contribution < -0.4 is 33.2 Å². The van der Waals surface area contributed by atoms with Crippen molar-refractivity contribution in [1.82, 2.24) is 20.9 Å². The number of thioether (sulfide) groups is 1. The molecule has 2 aromatic rings. The summed E-state index contributed by atoms with van der Waals surface area (Å²) in [5, 5.41) is 17.8. The van der Waals surface area contributed by atoms with E-state index in [1.807, 2.05) is 24.3 Å². The minimum Gasteiger partial charge on any atom is -0.480 e. The van der Waals surface area contributed by atoms with E-state index in [2.05, 4.69) is 20.9 Å². The molecule has 2 rings (SSSR count). The molecule has 13 nitrogen and oxygen atoms in total. The summed E-state index contributed by atoms with van der Waals surface area (Å²) in [5.41, 5.74) is 18.8. The molecule has 11 N–H and O–H groups in total. The standard InChI is InChI=1S/C26H39N7O6S/c1-40-11-9-20(26(38)39)32-25(37)21(13-22(29)34)33-24(36)19(8-4-5-10-27)31-23(35)17(28)12-15-14-30-18-7-3-2-6-16(15)18/h2-3,6-7,14,17,19-21,30H,4-5,8-13,27-28H2,1H3,(H2,29,34)(H,31,35)(H,32,37)(H,33,36)(H,38,39). The topological polar surface area (TPSA) is 236 Å². The zero-order valence-electron chi connectivity index (χ0n) is 22.5. The van der Waals surface area contributed by atoms with Crippen molar-refractivity contribution in [1.29, 1.82) is 0 Å². The third-order valence-corrected chi connectivity index (χ3v) is 6.94. The molecule has 0 radical (unpaired) electrons. The number of rotatable bonds is 18. The van der Waals surface area contributed by atoms with E-state index < -0.39 is 60.2 Å². The molecule has 40 heavy (non-hydrogen) atoms.